The van der Waals surface area contributed by atoms with E-state index in [2.05, 4.69) is 15.6 Å². The van der Waals surface area contributed by atoms with Crippen molar-refractivity contribution < 1.29 is 19.8 Å². The number of aliphatic hydroxyl groups excluding tert-OH is 1. The van der Waals surface area contributed by atoms with E-state index in [1.54, 1.807) is 24.4 Å². The van der Waals surface area contributed by atoms with E-state index in [4.69, 9.17) is 10.2 Å². The minimum absolute atomic E-state index is 0.0531. The Labute approximate surface area is 120 Å². The number of para-hydroxylation sites is 1. The fraction of sp³-hybridized carbons (Fsp3) is 0.214. The maximum absolute atomic E-state index is 11.7. The second-order valence-corrected chi connectivity index (χ2v) is 4.40. The van der Waals surface area contributed by atoms with E-state index in [9.17, 15) is 9.59 Å². The molecule has 7 heteroatoms. The molecule has 4 N–H and O–H groups in total. The first-order chi connectivity index (χ1) is 10.1. The quantitative estimate of drug-likeness (QED) is 0.660. The van der Waals surface area contributed by atoms with Crippen molar-refractivity contribution in [1.29, 1.82) is 0 Å². The normalized spacial score (nSPS) is 11.9. The summed E-state index contributed by atoms with van der Waals surface area (Å²) < 4.78 is 0. The summed E-state index contributed by atoms with van der Waals surface area (Å²) in [6, 6.07) is 8.61. The molecule has 110 valence electrons. The van der Waals surface area contributed by atoms with E-state index in [0.29, 0.717) is 11.2 Å². The third-order valence-corrected chi connectivity index (χ3v) is 2.87. The van der Waals surface area contributed by atoms with Gasteiger partial charge in [-0.3, -0.25) is 4.98 Å². The third kappa shape index (κ3) is 3.90. The molecular formula is C14H15N3O4. The van der Waals surface area contributed by atoms with Gasteiger partial charge in [-0.2, -0.15) is 0 Å². The van der Waals surface area contributed by atoms with E-state index in [1.165, 1.54) is 0 Å². The predicted octanol–water partition coefficient (Wildman–Crippen LogP) is 1.19. The first kappa shape index (κ1) is 14.7. The summed E-state index contributed by atoms with van der Waals surface area (Å²) in [6.45, 7) is 0.0531. The first-order valence-corrected chi connectivity index (χ1v) is 6.37. The fourth-order valence-electron chi connectivity index (χ4n) is 1.82. The number of carbonyl (C=O) groups excluding carboxylic acids is 1. The zero-order valence-electron chi connectivity index (χ0n) is 11.1. The number of amides is 2. The van der Waals surface area contributed by atoms with Crippen molar-refractivity contribution in [3.63, 3.8) is 0 Å². The largest absolute Gasteiger partial charge is 0.479 e. The van der Waals surface area contributed by atoms with Gasteiger partial charge in [0.25, 0.3) is 0 Å². The summed E-state index contributed by atoms with van der Waals surface area (Å²) in [5.41, 5.74) is 1.23. The van der Waals surface area contributed by atoms with Gasteiger partial charge in [-0.05, 0) is 12.1 Å². The molecule has 1 aromatic heterocycles. The minimum atomic E-state index is -1.48. The molecule has 0 aliphatic rings. The standard InChI is InChI=1S/C14H15N3O4/c18-11(13(19)20)6-8-16-14(21)17-10-5-1-3-9-4-2-7-15-12(9)10/h1-5,7,11,18H,6,8H2,(H,19,20)(H2,16,17,21)/t11-/m0/s1. The van der Waals surface area contributed by atoms with Gasteiger partial charge in [0.2, 0.25) is 0 Å². The Morgan fingerprint density at radius 2 is 2.00 bits per heavy atom. The van der Waals surface area contributed by atoms with Crippen LogP contribution in [-0.2, 0) is 4.79 Å². The zero-order chi connectivity index (χ0) is 15.2. The van der Waals surface area contributed by atoms with Crippen LogP contribution >= 0.6 is 0 Å². The van der Waals surface area contributed by atoms with Crippen molar-refractivity contribution in [3.05, 3.63) is 36.5 Å². The summed E-state index contributed by atoms with van der Waals surface area (Å²) in [4.78, 5) is 26.4. The molecule has 0 bridgehead atoms. The van der Waals surface area contributed by atoms with Gasteiger partial charge in [0.1, 0.15) is 0 Å². The Hall–Kier alpha value is -2.67. The van der Waals surface area contributed by atoms with Gasteiger partial charge in [0, 0.05) is 24.5 Å². The number of pyridine rings is 1. The highest BCUT2D eigenvalue weighted by molar-refractivity contribution is 5.99. The summed E-state index contributed by atoms with van der Waals surface area (Å²) in [5, 5.41) is 23.6. The van der Waals surface area contributed by atoms with Gasteiger partial charge in [0.15, 0.2) is 6.10 Å². The summed E-state index contributed by atoms with van der Waals surface area (Å²) in [6.07, 6.45) is 0.0927. The van der Waals surface area contributed by atoms with E-state index in [-0.39, 0.29) is 13.0 Å². The smallest absolute Gasteiger partial charge is 0.332 e. The predicted molar refractivity (Wildman–Crippen MR) is 77.0 cm³/mol. The monoisotopic (exact) mass is 289 g/mol. The molecular weight excluding hydrogens is 274 g/mol. The molecule has 1 aromatic carbocycles. The molecule has 0 aliphatic carbocycles. The number of benzene rings is 1. The number of anilines is 1. The average Bonchev–Trinajstić information content (AvgIpc) is 2.47. The lowest BCUT2D eigenvalue weighted by atomic mass is 10.2. The van der Waals surface area contributed by atoms with Crippen LogP contribution in [0.1, 0.15) is 6.42 Å². The van der Waals surface area contributed by atoms with Crippen LogP contribution in [-0.4, -0.2) is 39.8 Å². The number of nitrogens with zero attached hydrogens (tertiary/aromatic N) is 1. The van der Waals surface area contributed by atoms with Gasteiger partial charge in [-0.1, -0.05) is 18.2 Å². The number of aromatic nitrogens is 1. The van der Waals surface area contributed by atoms with E-state index >= 15 is 0 Å². The molecule has 0 fully saturated rings. The van der Waals surface area contributed by atoms with Crippen LogP contribution in [0, 0.1) is 0 Å². The van der Waals surface area contributed by atoms with Crippen molar-refractivity contribution in [2.24, 2.45) is 0 Å². The van der Waals surface area contributed by atoms with Crippen LogP contribution in [0.4, 0.5) is 10.5 Å². The number of nitrogens with one attached hydrogen (secondary N) is 2. The second kappa shape index (κ2) is 6.67. The van der Waals surface area contributed by atoms with Gasteiger partial charge in [0.05, 0.1) is 11.2 Å². The molecule has 0 aliphatic heterocycles. The Morgan fingerprint density at radius 3 is 2.76 bits per heavy atom. The minimum Gasteiger partial charge on any atom is -0.479 e. The summed E-state index contributed by atoms with van der Waals surface area (Å²) >= 11 is 0. The summed E-state index contributed by atoms with van der Waals surface area (Å²) in [5.74, 6) is -1.31. The zero-order valence-corrected chi connectivity index (χ0v) is 11.1. The molecule has 0 unspecified atom stereocenters. The number of aliphatic hydroxyl groups is 1. The highest BCUT2D eigenvalue weighted by atomic mass is 16.4. The van der Waals surface area contributed by atoms with Gasteiger partial charge in [-0.25, -0.2) is 9.59 Å². The van der Waals surface area contributed by atoms with Gasteiger partial charge < -0.3 is 20.8 Å². The molecule has 0 saturated heterocycles. The lowest BCUT2D eigenvalue weighted by Crippen LogP contribution is -2.33. The number of rotatable bonds is 5. The van der Waals surface area contributed by atoms with Crippen LogP contribution in [0.3, 0.4) is 0 Å². The number of aliphatic carboxylic acids is 1. The summed E-state index contributed by atoms with van der Waals surface area (Å²) in [7, 11) is 0. The molecule has 2 aromatic rings. The Morgan fingerprint density at radius 1 is 1.24 bits per heavy atom. The Balaban J connectivity index is 1.94. The Kier molecular flexibility index (Phi) is 4.68. The van der Waals surface area contributed by atoms with Gasteiger partial charge >= 0.3 is 12.0 Å². The number of urea groups is 1. The second-order valence-electron chi connectivity index (χ2n) is 4.40. The van der Waals surface area contributed by atoms with Gasteiger partial charge in [-0.15, -0.1) is 0 Å². The van der Waals surface area contributed by atoms with Crippen LogP contribution < -0.4 is 10.6 Å². The lowest BCUT2D eigenvalue weighted by molar-refractivity contribution is -0.146. The number of hydrogen-bond donors (Lipinski definition) is 4. The highest BCUT2D eigenvalue weighted by Gasteiger charge is 2.13. The number of fused-ring (bicyclic) bond motifs is 1. The first-order valence-electron chi connectivity index (χ1n) is 6.37. The molecule has 0 saturated carbocycles. The highest BCUT2D eigenvalue weighted by Crippen LogP contribution is 2.20. The fourth-order valence-corrected chi connectivity index (χ4v) is 1.82. The van der Waals surface area contributed by atoms with Crippen LogP contribution in [0.2, 0.25) is 0 Å². The maximum atomic E-state index is 11.7. The van der Waals surface area contributed by atoms with E-state index in [0.717, 1.165) is 5.39 Å². The molecule has 21 heavy (non-hydrogen) atoms. The molecule has 2 rings (SSSR count). The molecule has 2 amide bonds. The number of carboxylic acid groups (broad SMARTS) is 1. The molecule has 1 heterocycles. The van der Waals surface area contributed by atoms with Crippen molar-refractivity contribution in [2.45, 2.75) is 12.5 Å². The van der Waals surface area contributed by atoms with E-state index in [1.807, 2.05) is 12.1 Å². The lowest BCUT2D eigenvalue weighted by Gasteiger charge is -2.10. The van der Waals surface area contributed by atoms with Crippen molar-refractivity contribution >= 4 is 28.6 Å². The number of hydrogen-bond acceptors (Lipinski definition) is 4. The van der Waals surface area contributed by atoms with Crippen molar-refractivity contribution in [2.75, 3.05) is 11.9 Å². The molecule has 7 nitrogen and oxygen atoms in total. The Bertz CT molecular complexity index is 654. The SMILES string of the molecule is O=C(NCC[C@H](O)C(=O)O)Nc1cccc2cccnc12. The average molecular weight is 289 g/mol. The van der Waals surface area contributed by atoms with E-state index < -0.39 is 18.1 Å². The topological polar surface area (TPSA) is 112 Å². The maximum Gasteiger partial charge on any atom is 0.332 e. The van der Waals surface area contributed by atoms with Crippen molar-refractivity contribution in [3.8, 4) is 0 Å². The molecule has 0 radical (unpaired) electrons. The van der Waals surface area contributed by atoms with Crippen molar-refractivity contribution in [1.82, 2.24) is 10.3 Å². The van der Waals surface area contributed by atoms with Crippen LogP contribution in [0.25, 0.3) is 10.9 Å². The molecule has 1 atom stereocenters. The number of carboxylic acids is 1. The third-order valence-electron chi connectivity index (χ3n) is 2.87. The van der Waals surface area contributed by atoms with Crippen LogP contribution in [0.5, 0.6) is 0 Å². The van der Waals surface area contributed by atoms with Crippen LogP contribution in [0.15, 0.2) is 36.5 Å². The molecule has 0 spiro atoms. The number of carbonyl (C=O) groups is 2.